The zero-order valence-corrected chi connectivity index (χ0v) is 10.2. The van der Waals surface area contributed by atoms with Crippen molar-refractivity contribution in [2.75, 3.05) is 12.4 Å². The molecule has 5 nitrogen and oxygen atoms in total. The molecule has 1 aromatic heterocycles. The van der Waals surface area contributed by atoms with E-state index in [1.807, 2.05) is 0 Å². The zero-order valence-electron chi connectivity index (χ0n) is 10.2. The Kier molecular flexibility index (Phi) is 3.88. The molecule has 1 aromatic rings. The van der Waals surface area contributed by atoms with Gasteiger partial charge in [-0.1, -0.05) is 0 Å². The van der Waals surface area contributed by atoms with Crippen LogP contribution in [0.15, 0.2) is 12.3 Å². The quantitative estimate of drug-likeness (QED) is 0.865. The number of carbonyl (C=O) groups excluding carboxylic acids is 1. The number of hydrogen-bond donors (Lipinski definition) is 1. The minimum Gasteiger partial charge on any atom is -0.479 e. The van der Waals surface area contributed by atoms with E-state index in [0.29, 0.717) is 0 Å². The van der Waals surface area contributed by atoms with E-state index in [-0.39, 0.29) is 11.6 Å². The van der Waals surface area contributed by atoms with Crippen molar-refractivity contribution in [3.05, 3.63) is 18.1 Å². The molecular formula is C11H15FN2O3. The average molecular weight is 242 g/mol. The SMILES string of the molecule is COc1nccc(NC(=O)OC(C)(C)C)c1F. The highest BCUT2D eigenvalue weighted by Gasteiger charge is 2.18. The summed E-state index contributed by atoms with van der Waals surface area (Å²) in [6.45, 7) is 5.15. The van der Waals surface area contributed by atoms with Gasteiger partial charge in [0.15, 0.2) is 0 Å². The first-order valence-corrected chi connectivity index (χ1v) is 5.02. The number of hydrogen-bond acceptors (Lipinski definition) is 4. The summed E-state index contributed by atoms with van der Waals surface area (Å²) in [5.74, 6) is -0.917. The molecule has 1 amide bonds. The highest BCUT2D eigenvalue weighted by Crippen LogP contribution is 2.21. The Bertz CT molecular complexity index is 416. The number of carbonyl (C=O) groups is 1. The summed E-state index contributed by atoms with van der Waals surface area (Å²) in [4.78, 5) is 15.1. The minimum absolute atomic E-state index is 0.0360. The Morgan fingerprint density at radius 2 is 2.12 bits per heavy atom. The van der Waals surface area contributed by atoms with Crippen LogP contribution in [0.4, 0.5) is 14.9 Å². The lowest BCUT2D eigenvalue weighted by Crippen LogP contribution is -2.27. The van der Waals surface area contributed by atoms with Gasteiger partial charge in [-0.2, -0.15) is 4.39 Å². The third-order valence-electron chi connectivity index (χ3n) is 1.69. The third kappa shape index (κ3) is 3.90. The summed E-state index contributed by atoms with van der Waals surface area (Å²) in [5.41, 5.74) is -0.677. The van der Waals surface area contributed by atoms with E-state index in [1.165, 1.54) is 19.4 Å². The second-order valence-electron chi connectivity index (χ2n) is 4.31. The molecule has 0 bridgehead atoms. The van der Waals surface area contributed by atoms with Gasteiger partial charge < -0.3 is 9.47 Å². The second-order valence-corrected chi connectivity index (χ2v) is 4.31. The van der Waals surface area contributed by atoms with E-state index in [0.717, 1.165) is 0 Å². The van der Waals surface area contributed by atoms with Gasteiger partial charge in [0.1, 0.15) is 5.60 Å². The number of amides is 1. The highest BCUT2D eigenvalue weighted by molar-refractivity contribution is 5.85. The molecule has 1 rings (SSSR count). The normalized spacial score (nSPS) is 10.9. The number of ether oxygens (including phenoxy) is 2. The molecule has 1 N–H and O–H groups in total. The van der Waals surface area contributed by atoms with Gasteiger partial charge in [-0.05, 0) is 26.8 Å². The molecule has 0 fully saturated rings. The molecule has 0 radical (unpaired) electrons. The van der Waals surface area contributed by atoms with Crippen molar-refractivity contribution in [3.8, 4) is 5.88 Å². The van der Waals surface area contributed by atoms with Crippen LogP contribution in [0.5, 0.6) is 5.88 Å². The smallest absolute Gasteiger partial charge is 0.412 e. The summed E-state index contributed by atoms with van der Waals surface area (Å²) < 4.78 is 23.3. The molecule has 0 aliphatic carbocycles. The molecular weight excluding hydrogens is 227 g/mol. The number of halogens is 1. The Morgan fingerprint density at radius 1 is 1.47 bits per heavy atom. The summed E-state index contributed by atoms with van der Waals surface area (Å²) in [6.07, 6.45) is 0.596. The predicted octanol–water partition coefficient (Wildman–Crippen LogP) is 2.58. The third-order valence-corrected chi connectivity index (χ3v) is 1.69. The van der Waals surface area contributed by atoms with Crippen molar-refractivity contribution < 1.29 is 18.7 Å². The lowest BCUT2D eigenvalue weighted by atomic mass is 10.2. The summed E-state index contributed by atoms with van der Waals surface area (Å²) in [5, 5.41) is 2.29. The number of nitrogens with one attached hydrogen (secondary N) is 1. The van der Waals surface area contributed by atoms with Gasteiger partial charge in [-0.3, -0.25) is 5.32 Å². The van der Waals surface area contributed by atoms with Crippen LogP contribution in [0.1, 0.15) is 20.8 Å². The van der Waals surface area contributed by atoms with E-state index >= 15 is 0 Å². The molecule has 6 heteroatoms. The zero-order chi connectivity index (χ0) is 13.1. The number of rotatable bonds is 2. The fraction of sp³-hybridized carbons (Fsp3) is 0.455. The Balaban J connectivity index is 2.79. The lowest BCUT2D eigenvalue weighted by molar-refractivity contribution is 0.0635. The molecule has 0 aromatic carbocycles. The molecule has 1 heterocycles. The van der Waals surface area contributed by atoms with Crippen LogP contribution in [-0.4, -0.2) is 23.8 Å². The van der Waals surface area contributed by atoms with Crippen LogP contribution in [0.25, 0.3) is 0 Å². The van der Waals surface area contributed by atoms with Gasteiger partial charge >= 0.3 is 6.09 Å². The Labute approximate surface area is 98.9 Å². The van der Waals surface area contributed by atoms with E-state index in [9.17, 15) is 9.18 Å². The maximum atomic E-state index is 13.6. The average Bonchev–Trinajstić information content (AvgIpc) is 2.18. The van der Waals surface area contributed by atoms with Crippen molar-refractivity contribution in [1.29, 1.82) is 0 Å². The van der Waals surface area contributed by atoms with Crippen molar-refractivity contribution in [2.45, 2.75) is 26.4 Å². The van der Waals surface area contributed by atoms with E-state index < -0.39 is 17.5 Å². The maximum absolute atomic E-state index is 13.6. The predicted molar refractivity (Wildman–Crippen MR) is 60.6 cm³/mol. The van der Waals surface area contributed by atoms with Crippen molar-refractivity contribution in [3.63, 3.8) is 0 Å². The van der Waals surface area contributed by atoms with Gasteiger partial charge in [0, 0.05) is 6.20 Å². The van der Waals surface area contributed by atoms with Crippen molar-refractivity contribution in [1.82, 2.24) is 4.98 Å². The monoisotopic (exact) mass is 242 g/mol. The Morgan fingerprint density at radius 3 is 2.65 bits per heavy atom. The first kappa shape index (κ1) is 13.2. The van der Waals surface area contributed by atoms with Crippen LogP contribution in [0, 0.1) is 5.82 Å². The minimum atomic E-state index is -0.735. The van der Waals surface area contributed by atoms with Crippen molar-refractivity contribution >= 4 is 11.8 Å². The summed E-state index contributed by atoms with van der Waals surface area (Å²) in [7, 11) is 1.29. The lowest BCUT2D eigenvalue weighted by Gasteiger charge is -2.19. The first-order chi connectivity index (χ1) is 7.83. The van der Waals surface area contributed by atoms with Crippen LogP contribution in [0.2, 0.25) is 0 Å². The molecule has 0 saturated heterocycles. The number of aromatic nitrogens is 1. The van der Waals surface area contributed by atoms with Gasteiger partial charge in [0.05, 0.1) is 12.8 Å². The molecule has 17 heavy (non-hydrogen) atoms. The standard InChI is InChI=1S/C11H15FN2O3/c1-11(2,3)17-10(15)14-7-5-6-13-9(16-4)8(7)12/h5-6H,1-4H3,(H,13,14,15). The molecule has 0 unspecified atom stereocenters. The molecule has 0 atom stereocenters. The fourth-order valence-electron chi connectivity index (χ4n) is 1.08. The molecule has 0 aliphatic heterocycles. The topological polar surface area (TPSA) is 60.5 Å². The number of nitrogens with zero attached hydrogens (tertiary/aromatic N) is 1. The first-order valence-electron chi connectivity index (χ1n) is 5.02. The van der Waals surface area contributed by atoms with E-state index in [2.05, 4.69) is 15.0 Å². The van der Waals surface area contributed by atoms with Crippen LogP contribution in [-0.2, 0) is 4.74 Å². The van der Waals surface area contributed by atoms with E-state index in [4.69, 9.17) is 4.74 Å². The summed E-state index contributed by atoms with van der Waals surface area (Å²) >= 11 is 0. The van der Waals surface area contributed by atoms with Gasteiger partial charge in [0.25, 0.3) is 5.88 Å². The highest BCUT2D eigenvalue weighted by atomic mass is 19.1. The Hall–Kier alpha value is -1.85. The van der Waals surface area contributed by atoms with Gasteiger partial charge in [-0.25, -0.2) is 9.78 Å². The fourth-order valence-corrected chi connectivity index (χ4v) is 1.08. The molecule has 0 saturated carbocycles. The van der Waals surface area contributed by atoms with E-state index in [1.54, 1.807) is 20.8 Å². The maximum Gasteiger partial charge on any atom is 0.412 e. The second kappa shape index (κ2) is 4.99. The number of methoxy groups -OCH3 is 1. The largest absolute Gasteiger partial charge is 0.479 e. The summed E-state index contributed by atoms with van der Waals surface area (Å²) in [6, 6.07) is 1.32. The van der Waals surface area contributed by atoms with Crippen LogP contribution >= 0.6 is 0 Å². The van der Waals surface area contributed by atoms with Gasteiger partial charge in [0.2, 0.25) is 5.82 Å². The number of pyridine rings is 1. The van der Waals surface area contributed by atoms with Crippen LogP contribution in [0.3, 0.4) is 0 Å². The van der Waals surface area contributed by atoms with Crippen LogP contribution < -0.4 is 10.1 Å². The molecule has 0 aliphatic rings. The number of anilines is 1. The van der Waals surface area contributed by atoms with Gasteiger partial charge in [-0.15, -0.1) is 0 Å². The molecule has 0 spiro atoms. The molecule has 94 valence electrons. The van der Waals surface area contributed by atoms with Crippen molar-refractivity contribution in [2.24, 2.45) is 0 Å².